The Morgan fingerprint density at radius 1 is 1.33 bits per heavy atom. The van der Waals surface area contributed by atoms with Gasteiger partial charge in [0.05, 0.1) is 5.52 Å². The number of benzene rings is 1. The number of rotatable bonds is 1. The van der Waals surface area contributed by atoms with E-state index in [2.05, 4.69) is 13.0 Å². The molecule has 1 heterocycles. The minimum Gasteiger partial charge on any atom is -0.398 e. The summed E-state index contributed by atoms with van der Waals surface area (Å²) in [6.45, 7) is 2.25. The van der Waals surface area contributed by atoms with E-state index in [1.165, 1.54) is 17.7 Å². The first-order valence-corrected chi connectivity index (χ1v) is 8.10. The molecule has 2 atom stereocenters. The maximum Gasteiger partial charge on any atom is 0.0727 e. The summed E-state index contributed by atoms with van der Waals surface area (Å²) in [5, 5.41) is 1.73. The molecule has 2 nitrogen and oxygen atoms in total. The van der Waals surface area contributed by atoms with E-state index >= 15 is 0 Å². The fourth-order valence-corrected chi connectivity index (χ4v) is 4.22. The van der Waals surface area contributed by atoms with E-state index in [0.29, 0.717) is 11.8 Å². The van der Waals surface area contributed by atoms with Gasteiger partial charge in [-0.1, -0.05) is 30.2 Å². The molecular formula is C18H19ClN2. The summed E-state index contributed by atoms with van der Waals surface area (Å²) < 4.78 is 0. The van der Waals surface area contributed by atoms with Gasteiger partial charge in [-0.25, -0.2) is 0 Å². The molecule has 3 heteroatoms. The first kappa shape index (κ1) is 13.1. The van der Waals surface area contributed by atoms with Crippen LogP contribution in [0.5, 0.6) is 0 Å². The number of halogens is 1. The fourth-order valence-electron chi connectivity index (χ4n) is 4.05. The van der Waals surface area contributed by atoms with Crippen LogP contribution in [0.2, 0.25) is 5.02 Å². The Kier molecular flexibility index (Phi) is 2.97. The van der Waals surface area contributed by atoms with Crippen LogP contribution in [0.4, 0.5) is 5.69 Å². The topological polar surface area (TPSA) is 38.9 Å². The van der Waals surface area contributed by atoms with Gasteiger partial charge >= 0.3 is 0 Å². The Bertz CT molecular complexity index is 763. The van der Waals surface area contributed by atoms with Gasteiger partial charge < -0.3 is 5.73 Å². The average Bonchev–Trinajstić information content (AvgIpc) is 2.47. The van der Waals surface area contributed by atoms with Crippen LogP contribution in [0.15, 0.2) is 29.8 Å². The molecule has 0 amide bonds. The summed E-state index contributed by atoms with van der Waals surface area (Å²) in [7, 11) is 0. The van der Waals surface area contributed by atoms with Crippen LogP contribution in [0.3, 0.4) is 0 Å². The van der Waals surface area contributed by atoms with Crippen molar-refractivity contribution in [2.24, 2.45) is 5.92 Å². The minimum atomic E-state index is 0.537. The van der Waals surface area contributed by atoms with Crippen molar-refractivity contribution in [3.63, 3.8) is 0 Å². The van der Waals surface area contributed by atoms with Crippen LogP contribution in [0.1, 0.15) is 43.4 Å². The summed E-state index contributed by atoms with van der Waals surface area (Å²) in [6, 6.07) is 5.82. The third-order valence-electron chi connectivity index (χ3n) is 4.99. The third-order valence-corrected chi connectivity index (χ3v) is 5.23. The number of hydrogen-bond acceptors (Lipinski definition) is 2. The zero-order valence-corrected chi connectivity index (χ0v) is 13.0. The lowest BCUT2D eigenvalue weighted by atomic mass is 9.70. The van der Waals surface area contributed by atoms with Crippen molar-refractivity contribution in [3.8, 4) is 0 Å². The lowest BCUT2D eigenvalue weighted by Crippen LogP contribution is -2.24. The fraction of sp³-hybridized carbons (Fsp3) is 0.389. The number of pyridine rings is 1. The lowest BCUT2D eigenvalue weighted by molar-refractivity contribution is 0.429. The molecule has 4 rings (SSSR count). The van der Waals surface area contributed by atoms with Crippen LogP contribution in [-0.2, 0) is 6.42 Å². The number of hydrogen-bond donors (Lipinski definition) is 1. The number of nitrogen functional groups attached to an aromatic ring is 1. The molecule has 0 unspecified atom stereocenters. The second-order valence-electron chi connectivity index (χ2n) is 6.33. The summed E-state index contributed by atoms with van der Waals surface area (Å²) in [4.78, 5) is 4.88. The number of allylic oxidation sites excluding steroid dienone is 2. The van der Waals surface area contributed by atoms with Crippen LogP contribution < -0.4 is 5.73 Å². The second kappa shape index (κ2) is 4.74. The van der Waals surface area contributed by atoms with Crippen LogP contribution in [0.25, 0.3) is 10.9 Å². The molecule has 0 saturated heterocycles. The largest absolute Gasteiger partial charge is 0.398 e. The molecule has 0 fully saturated rings. The molecule has 0 spiro atoms. The zero-order chi connectivity index (χ0) is 14.6. The zero-order valence-electron chi connectivity index (χ0n) is 12.2. The highest BCUT2D eigenvalue weighted by molar-refractivity contribution is 6.31. The first-order valence-electron chi connectivity index (χ1n) is 7.72. The molecule has 108 valence electrons. The molecule has 2 aliphatic rings. The van der Waals surface area contributed by atoms with E-state index in [9.17, 15) is 0 Å². The number of anilines is 1. The van der Waals surface area contributed by atoms with Crippen molar-refractivity contribution >= 4 is 28.2 Å². The summed E-state index contributed by atoms with van der Waals surface area (Å²) in [6.07, 6.45) is 7.00. The Morgan fingerprint density at radius 2 is 2.19 bits per heavy atom. The third kappa shape index (κ3) is 2.04. The number of fused-ring (bicyclic) bond motifs is 5. The van der Waals surface area contributed by atoms with Crippen LogP contribution in [0, 0.1) is 5.92 Å². The quantitative estimate of drug-likeness (QED) is 0.764. The number of aromatic nitrogens is 1. The van der Waals surface area contributed by atoms with E-state index in [1.807, 2.05) is 18.2 Å². The summed E-state index contributed by atoms with van der Waals surface area (Å²) in [5.74, 6) is 1.18. The molecule has 0 saturated carbocycles. The molecule has 0 radical (unpaired) electrons. The van der Waals surface area contributed by atoms with Gasteiger partial charge in [0.1, 0.15) is 0 Å². The predicted octanol–water partition coefficient (Wildman–Crippen LogP) is 4.86. The maximum absolute atomic E-state index is 6.51. The van der Waals surface area contributed by atoms with Gasteiger partial charge in [-0.05, 0) is 55.7 Å². The normalized spacial score (nSPS) is 23.8. The molecule has 2 aromatic rings. The Morgan fingerprint density at radius 3 is 3.00 bits per heavy atom. The molecular weight excluding hydrogens is 280 g/mol. The van der Waals surface area contributed by atoms with Crippen LogP contribution in [-0.4, -0.2) is 4.98 Å². The molecule has 2 aliphatic carbocycles. The maximum atomic E-state index is 6.51. The van der Waals surface area contributed by atoms with Gasteiger partial charge in [0, 0.05) is 27.4 Å². The minimum absolute atomic E-state index is 0.537. The van der Waals surface area contributed by atoms with Crippen molar-refractivity contribution in [3.05, 3.63) is 46.1 Å². The molecule has 21 heavy (non-hydrogen) atoms. The second-order valence-corrected chi connectivity index (χ2v) is 6.76. The van der Waals surface area contributed by atoms with Crippen molar-refractivity contribution in [1.82, 2.24) is 4.98 Å². The Hall–Kier alpha value is -1.54. The monoisotopic (exact) mass is 298 g/mol. The van der Waals surface area contributed by atoms with E-state index in [-0.39, 0.29) is 0 Å². The highest BCUT2D eigenvalue weighted by atomic mass is 35.5. The lowest BCUT2D eigenvalue weighted by Gasteiger charge is -2.35. The standard InChI is InChI=1S/C18H19ClN2/c1-2-10-5-11-7-12(6-10)17-16(8-11)21-15-4-3-13(19)9-14(15)18(17)20/h3-5,9,11-12H,2,6-8H2,1H3,(H2,20,21)/t11-,12-/m0/s1. The molecule has 1 aromatic carbocycles. The summed E-state index contributed by atoms with van der Waals surface area (Å²) in [5.41, 5.74) is 12.5. The van der Waals surface area contributed by atoms with Gasteiger partial charge in [-0.15, -0.1) is 0 Å². The average molecular weight is 299 g/mol. The smallest absolute Gasteiger partial charge is 0.0727 e. The summed E-state index contributed by atoms with van der Waals surface area (Å²) >= 11 is 6.13. The molecule has 2 bridgehead atoms. The highest BCUT2D eigenvalue weighted by Gasteiger charge is 2.33. The highest BCUT2D eigenvalue weighted by Crippen LogP contribution is 2.47. The Labute approximate surface area is 130 Å². The first-order chi connectivity index (χ1) is 10.2. The Balaban J connectivity index is 1.92. The number of nitrogens with two attached hydrogens (primary N) is 1. The van der Waals surface area contributed by atoms with E-state index in [0.717, 1.165) is 40.9 Å². The van der Waals surface area contributed by atoms with Crippen molar-refractivity contribution in [2.45, 2.75) is 38.5 Å². The van der Waals surface area contributed by atoms with Crippen molar-refractivity contribution < 1.29 is 0 Å². The van der Waals surface area contributed by atoms with E-state index in [1.54, 1.807) is 5.57 Å². The van der Waals surface area contributed by atoms with E-state index < -0.39 is 0 Å². The van der Waals surface area contributed by atoms with Crippen LogP contribution >= 0.6 is 11.6 Å². The number of nitrogens with zero attached hydrogens (tertiary/aromatic N) is 1. The molecule has 2 N–H and O–H groups in total. The van der Waals surface area contributed by atoms with Gasteiger partial charge in [0.25, 0.3) is 0 Å². The van der Waals surface area contributed by atoms with Gasteiger partial charge in [-0.3, -0.25) is 4.98 Å². The van der Waals surface area contributed by atoms with Gasteiger partial charge in [0.15, 0.2) is 0 Å². The van der Waals surface area contributed by atoms with Crippen molar-refractivity contribution in [1.29, 1.82) is 0 Å². The molecule has 1 aromatic heterocycles. The predicted molar refractivity (Wildman–Crippen MR) is 88.7 cm³/mol. The van der Waals surface area contributed by atoms with E-state index in [4.69, 9.17) is 22.3 Å². The van der Waals surface area contributed by atoms with Gasteiger partial charge in [0.2, 0.25) is 0 Å². The molecule has 0 aliphatic heterocycles. The van der Waals surface area contributed by atoms with Gasteiger partial charge in [-0.2, -0.15) is 0 Å². The van der Waals surface area contributed by atoms with Crippen molar-refractivity contribution in [2.75, 3.05) is 5.73 Å². The SMILES string of the molecule is CCC1=C[C@@H]2Cc3nc4ccc(Cl)cc4c(N)c3[C@@H](C1)C2.